The number of alkyl halides is 1. The highest BCUT2D eigenvalue weighted by Gasteiger charge is 2.10. The van der Waals surface area contributed by atoms with E-state index in [9.17, 15) is 0 Å². The summed E-state index contributed by atoms with van der Waals surface area (Å²) >= 11 is 5.74. The van der Waals surface area contributed by atoms with Crippen LogP contribution in [0.2, 0.25) is 0 Å². The largest absolute Gasteiger partial charge is 0.366 e. The average Bonchev–Trinajstić information content (AvgIpc) is 2.18. The maximum Gasteiger partial charge on any atom is 0.148 e. The van der Waals surface area contributed by atoms with Crippen molar-refractivity contribution in [3.05, 3.63) is 18.3 Å². The van der Waals surface area contributed by atoms with Gasteiger partial charge in [-0.05, 0) is 25.0 Å². The molecule has 1 N–H and O–H groups in total. The molecule has 0 fully saturated rings. The first kappa shape index (κ1) is 10.3. The minimum atomic E-state index is 0.314. The van der Waals surface area contributed by atoms with E-state index in [0.29, 0.717) is 17.8 Å². The van der Waals surface area contributed by atoms with Crippen LogP contribution < -0.4 is 5.32 Å². The molecule has 0 amide bonds. The van der Waals surface area contributed by atoms with Gasteiger partial charge in [-0.2, -0.15) is 5.10 Å². The van der Waals surface area contributed by atoms with Gasteiger partial charge in [-0.15, -0.1) is 16.7 Å². The smallest absolute Gasteiger partial charge is 0.148 e. The molecule has 0 saturated carbocycles. The van der Waals surface area contributed by atoms with Crippen LogP contribution in [-0.2, 0) is 0 Å². The maximum atomic E-state index is 5.74. The first-order valence-electron chi connectivity index (χ1n) is 4.34. The van der Waals surface area contributed by atoms with Crippen molar-refractivity contribution in [3.63, 3.8) is 0 Å². The average molecular weight is 200 g/mol. The topological polar surface area (TPSA) is 37.8 Å². The third kappa shape index (κ3) is 3.19. The molecule has 0 spiro atoms. The molecule has 1 heterocycles. The summed E-state index contributed by atoms with van der Waals surface area (Å²) in [5.41, 5.74) is 0. The van der Waals surface area contributed by atoms with Crippen molar-refractivity contribution in [1.29, 1.82) is 0 Å². The van der Waals surface area contributed by atoms with E-state index in [2.05, 4.69) is 29.4 Å². The fourth-order valence-electron chi connectivity index (χ4n) is 0.888. The molecule has 1 aromatic heterocycles. The van der Waals surface area contributed by atoms with Gasteiger partial charge in [0.1, 0.15) is 5.82 Å². The minimum absolute atomic E-state index is 0.314. The molecule has 3 nitrogen and oxygen atoms in total. The normalized spacial score (nSPS) is 15.0. The van der Waals surface area contributed by atoms with Crippen LogP contribution >= 0.6 is 11.6 Å². The molecule has 0 bridgehead atoms. The second-order valence-electron chi connectivity index (χ2n) is 3.17. The van der Waals surface area contributed by atoms with Crippen LogP contribution in [0.15, 0.2) is 18.3 Å². The molecule has 2 unspecified atom stereocenters. The Bertz CT molecular complexity index is 240. The monoisotopic (exact) mass is 199 g/mol. The number of rotatable bonds is 4. The van der Waals surface area contributed by atoms with Crippen LogP contribution in [0.3, 0.4) is 0 Å². The highest BCUT2D eigenvalue weighted by Crippen LogP contribution is 2.10. The predicted octanol–water partition coefficient (Wildman–Crippen LogP) is 2.15. The molecular formula is C9H14ClN3. The summed E-state index contributed by atoms with van der Waals surface area (Å²) < 4.78 is 0. The minimum Gasteiger partial charge on any atom is -0.366 e. The van der Waals surface area contributed by atoms with Crippen molar-refractivity contribution >= 4 is 17.4 Å². The molecule has 0 aromatic carbocycles. The van der Waals surface area contributed by atoms with Gasteiger partial charge in [0, 0.05) is 18.1 Å². The first-order valence-corrected chi connectivity index (χ1v) is 4.87. The van der Waals surface area contributed by atoms with E-state index < -0.39 is 0 Å². The van der Waals surface area contributed by atoms with Crippen LogP contribution in [0.5, 0.6) is 0 Å². The third-order valence-corrected chi connectivity index (χ3v) is 2.53. The van der Waals surface area contributed by atoms with Crippen molar-refractivity contribution in [2.75, 3.05) is 11.2 Å². The van der Waals surface area contributed by atoms with E-state index in [1.54, 1.807) is 6.20 Å². The maximum absolute atomic E-state index is 5.74. The molecule has 1 rings (SSSR count). The molecule has 4 heteroatoms. The van der Waals surface area contributed by atoms with Crippen molar-refractivity contribution in [2.24, 2.45) is 5.92 Å². The van der Waals surface area contributed by atoms with Crippen LogP contribution in [0, 0.1) is 5.92 Å². The first-order chi connectivity index (χ1) is 6.24. The number of hydrogen-bond acceptors (Lipinski definition) is 3. The second-order valence-corrected chi connectivity index (χ2v) is 3.48. The zero-order chi connectivity index (χ0) is 9.68. The van der Waals surface area contributed by atoms with Crippen molar-refractivity contribution in [2.45, 2.75) is 19.9 Å². The molecule has 2 atom stereocenters. The van der Waals surface area contributed by atoms with Crippen molar-refractivity contribution in [1.82, 2.24) is 10.2 Å². The van der Waals surface area contributed by atoms with Gasteiger partial charge in [0.25, 0.3) is 0 Å². The molecule has 1 aromatic rings. The van der Waals surface area contributed by atoms with Gasteiger partial charge in [-0.1, -0.05) is 6.92 Å². The Kier molecular flexibility index (Phi) is 3.96. The van der Waals surface area contributed by atoms with Gasteiger partial charge in [0.15, 0.2) is 0 Å². The Morgan fingerprint density at radius 1 is 1.54 bits per heavy atom. The highest BCUT2D eigenvalue weighted by atomic mass is 35.5. The van der Waals surface area contributed by atoms with Crippen LogP contribution in [0.25, 0.3) is 0 Å². The summed E-state index contributed by atoms with van der Waals surface area (Å²) in [5, 5.41) is 10.9. The van der Waals surface area contributed by atoms with Gasteiger partial charge in [0.05, 0.1) is 0 Å². The summed E-state index contributed by atoms with van der Waals surface area (Å²) in [6.07, 6.45) is 1.65. The zero-order valence-corrected chi connectivity index (χ0v) is 8.62. The van der Waals surface area contributed by atoms with E-state index in [4.69, 9.17) is 11.6 Å². The fraction of sp³-hybridized carbons (Fsp3) is 0.556. The van der Waals surface area contributed by atoms with Crippen LogP contribution in [-0.4, -0.2) is 22.1 Å². The second kappa shape index (κ2) is 5.02. The summed E-state index contributed by atoms with van der Waals surface area (Å²) in [7, 11) is 0. The molecule has 72 valence electrons. The number of anilines is 1. The van der Waals surface area contributed by atoms with Crippen molar-refractivity contribution in [3.8, 4) is 0 Å². The number of halogens is 1. The number of aromatic nitrogens is 2. The lowest BCUT2D eigenvalue weighted by atomic mass is 10.1. The number of nitrogens with zero attached hydrogens (tertiary/aromatic N) is 2. The summed E-state index contributed by atoms with van der Waals surface area (Å²) in [4.78, 5) is 0. The fourth-order valence-corrected chi connectivity index (χ4v) is 1.15. The van der Waals surface area contributed by atoms with Crippen molar-refractivity contribution < 1.29 is 0 Å². The van der Waals surface area contributed by atoms with Crippen LogP contribution in [0.1, 0.15) is 13.8 Å². The summed E-state index contributed by atoms with van der Waals surface area (Å²) in [6, 6.07) is 4.06. The predicted molar refractivity (Wildman–Crippen MR) is 55.0 cm³/mol. The van der Waals surface area contributed by atoms with E-state index in [1.165, 1.54) is 0 Å². The lowest BCUT2D eigenvalue weighted by Gasteiger charge is -2.18. The van der Waals surface area contributed by atoms with E-state index in [-0.39, 0.29) is 0 Å². The third-order valence-electron chi connectivity index (χ3n) is 2.04. The van der Waals surface area contributed by atoms with Gasteiger partial charge >= 0.3 is 0 Å². The highest BCUT2D eigenvalue weighted by molar-refractivity contribution is 6.18. The quantitative estimate of drug-likeness (QED) is 0.756. The molecule has 13 heavy (non-hydrogen) atoms. The molecule has 0 aliphatic heterocycles. The Balaban J connectivity index is 2.50. The number of nitrogens with one attached hydrogen (secondary N) is 1. The van der Waals surface area contributed by atoms with E-state index >= 15 is 0 Å². The molecule has 0 aliphatic carbocycles. The zero-order valence-electron chi connectivity index (χ0n) is 7.87. The summed E-state index contributed by atoms with van der Waals surface area (Å²) in [6.45, 7) is 4.18. The molecule has 0 aliphatic rings. The molecule has 0 radical (unpaired) electrons. The van der Waals surface area contributed by atoms with Gasteiger partial charge in [-0.3, -0.25) is 0 Å². The summed E-state index contributed by atoms with van der Waals surface area (Å²) in [5.74, 6) is 1.87. The molecular weight excluding hydrogens is 186 g/mol. The van der Waals surface area contributed by atoms with Gasteiger partial charge in [0.2, 0.25) is 0 Å². The Morgan fingerprint density at radius 2 is 2.31 bits per heavy atom. The van der Waals surface area contributed by atoms with E-state index in [0.717, 1.165) is 5.82 Å². The lowest BCUT2D eigenvalue weighted by molar-refractivity contribution is 0.563. The van der Waals surface area contributed by atoms with Gasteiger partial charge in [-0.25, -0.2) is 0 Å². The Hall–Kier alpha value is -0.830. The SMILES string of the molecule is CC(CCl)C(C)Nc1cccnn1. The number of hydrogen-bond donors (Lipinski definition) is 1. The Morgan fingerprint density at radius 3 is 2.85 bits per heavy atom. The van der Waals surface area contributed by atoms with Crippen LogP contribution in [0.4, 0.5) is 5.82 Å². The standard InChI is InChI=1S/C9H14ClN3/c1-7(6-10)8(2)12-9-4-3-5-11-13-9/h3-5,7-8H,6H2,1-2H3,(H,12,13). The van der Waals surface area contributed by atoms with E-state index in [1.807, 2.05) is 12.1 Å². The Labute approximate surface area is 83.5 Å². The lowest BCUT2D eigenvalue weighted by Crippen LogP contribution is -2.25. The van der Waals surface area contributed by atoms with Gasteiger partial charge < -0.3 is 5.32 Å². The molecule has 0 saturated heterocycles.